The Balaban J connectivity index is 1.43. The van der Waals surface area contributed by atoms with Crippen LogP contribution in [0.15, 0.2) is 51.9 Å². The number of amides is 3. The quantitative estimate of drug-likeness (QED) is 0.610. The molecule has 0 N–H and O–H groups in total. The maximum Gasteiger partial charge on any atom is 0.328 e. The van der Waals surface area contributed by atoms with Crippen molar-refractivity contribution in [2.75, 3.05) is 25.0 Å². The van der Waals surface area contributed by atoms with Crippen LogP contribution in [0.2, 0.25) is 10.0 Å². The van der Waals surface area contributed by atoms with Crippen LogP contribution in [-0.4, -0.2) is 64.9 Å². The van der Waals surface area contributed by atoms with Gasteiger partial charge in [0.15, 0.2) is 12.2 Å². The molecule has 3 aliphatic heterocycles. The summed E-state index contributed by atoms with van der Waals surface area (Å²) in [5, 5.41) is 0.921. The molecule has 7 nitrogen and oxygen atoms in total. The fourth-order valence-electron chi connectivity index (χ4n) is 4.27. The van der Waals surface area contributed by atoms with E-state index in [1.807, 2.05) is 29.2 Å². The number of urea groups is 1. The monoisotopic (exact) mass is 521 g/mol. The van der Waals surface area contributed by atoms with E-state index in [0.29, 0.717) is 22.2 Å². The van der Waals surface area contributed by atoms with Crippen molar-refractivity contribution in [3.8, 4) is 0 Å². The lowest BCUT2D eigenvalue weighted by molar-refractivity contribution is -0.137. The van der Waals surface area contributed by atoms with E-state index in [0.717, 1.165) is 22.7 Å². The summed E-state index contributed by atoms with van der Waals surface area (Å²) in [7, 11) is 1.68. The van der Waals surface area contributed by atoms with Gasteiger partial charge in [-0.15, -0.1) is 0 Å². The lowest BCUT2D eigenvalue weighted by atomic mass is 10.1. The second-order valence-corrected chi connectivity index (χ2v) is 9.42. The number of halogens is 3. The number of imide groups is 1. The van der Waals surface area contributed by atoms with Gasteiger partial charge < -0.3 is 14.7 Å². The molecule has 0 aromatic heterocycles. The summed E-state index contributed by atoms with van der Waals surface area (Å²) in [6, 6.07) is 12.0. The zero-order chi connectivity index (χ0) is 21.9. The molecule has 10 heteroatoms. The molecule has 0 aliphatic carbocycles. The molecule has 2 atom stereocenters. The van der Waals surface area contributed by atoms with Gasteiger partial charge in [-0.05, 0) is 42.0 Å². The maximum absolute atomic E-state index is 13.4. The zero-order valence-electron chi connectivity index (χ0n) is 16.5. The first-order valence-electron chi connectivity index (χ1n) is 9.75. The van der Waals surface area contributed by atoms with Gasteiger partial charge in [0.05, 0.1) is 6.54 Å². The third-order valence-electron chi connectivity index (χ3n) is 5.86. The van der Waals surface area contributed by atoms with Crippen LogP contribution in [0.25, 0.3) is 0 Å². The smallest absolute Gasteiger partial charge is 0.325 e. The van der Waals surface area contributed by atoms with Gasteiger partial charge in [-0.25, -0.2) is 9.79 Å². The molecule has 160 valence electrons. The van der Waals surface area contributed by atoms with Crippen LogP contribution >= 0.6 is 39.1 Å². The van der Waals surface area contributed by atoms with Crippen LogP contribution in [0.3, 0.4) is 0 Å². The number of benzene rings is 2. The van der Waals surface area contributed by atoms with Gasteiger partial charge in [0, 0.05) is 40.3 Å². The number of likely N-dealkylation sites (N-methyl/N-ethyl adjacent to an activating group) is 1. The molecule has 0 radical (unpaired) electrons. The normalized spacial score (nSPS) is 22.8. The average molecular weight is 523 g/mol. The number of fused-ring (bicyclic) bond motifs is 3. The molecule has 0 saturated carbocycles. The summed E-state index contributed by atoms with van der Waals surface area (Å²) in [5.74, 6) is 0.451. The number of carbonyl (C=O) groups excluding carboxylic acids is 2. The molecule has 0 bridgehead atoms. The molecular weight excluding hydrogens is 505 g/mol. The summed E-state index contributed by atoms with van der Waals surface area (Å²) in [4.78, 5) is 38.1. The first kappa shape index (κ1) is 20.6. The Kier molecular flexibility index (Phi) is 5.11. The molecule has 3 heterocycles. The minimum Gasteiger partial charge on any atom is -0.325 e. The van der Waals surface area contributed by atoms with Gasteiger partial charge in [-0.2, -0.15) is 0 Å². The van der Waals surface area contributed by atoms with Crippen molar-refractivity contribution in [2.45, 2.75) is 18.8 Å². The van der Waals surface area contributed by atoms with Gasteiger partial charge in [-0.3, -0.25) is 9.69 Å². The molecule has 2 aromatic carbocycles. The van der Waals surface area contributed by atoms with Gasteiger partial charge in [0.25, 0.3) is 5.91 Å². The van der Waals surface area contributed by atoms with Crippen molar-refractivity contribution in [3.63, 3.8) is 0 Å². The fraction of sp³-hybridized carbons (Fsp3) is 0.286. The summed E-state index contributed by atoms with van der Waals surface area (Å²) < 4.78 is 0.992. The third-order valence-corrected chi connectivity index (χ3v) is 6.97. The maximum atomic E-state index is 13.4. The van der Waals surface area contributed by atoms with Crippen molar-refractivity contribution in [3.05, 3.63) is 62.5 Å². The van der Waals surface area contributed by atoms with Crippen molar-refractivity contribution >= 4 is 62.7 Å². The van der Waals surface area contributed by atoms with Gasteiger partial charge >= 0.3 is 6.03 Å². The van der Waals surface area contributed by atoms with E-state index in [4.69, 9.17) is 28.2 Å². The van der Waals surface area contributed by atoms with Crippen molar-refractivity contribution in [2.24, 2.45) is 4.99 Å². The summed E-state index contributed by atoms with van der Waals surface area (Å²) >= 11 is 15.7. The number of hydrogen-bond donors (Lipinski definition) is 0. The van der Waals surface area contributed by atoms with E-state index in [-0.39, 0.29) is 12.5 Å². The van der Waals surface area contributed by atoms with Gasteiger partial charge in [-0.1, -0.05) is 45.2 Å². The van der Waals surface area contributed by atoms with Crippen LogP contribution in [0, 0.1) is 0 Å². The third kappa shape index (κ3) is 3.37. The highest BCUT2D eigenvalue weighted by molar-refractivity contribution is 9.10. The van der Waals surface area contributed by atoms with Gasteiger partial charge in [0.1, 0.15) is 0 Å². The Morgan fingerprint density at radius 1 is 1.10 bits per heavy atom. The Bertz CT molecular complexity index is 1110. The minimum atomic E-state index is -0.552. The van der Waals surface area contributed by atoms with E-state index < -0.39 is 18.2 Å². The minimum absolute atomic E-state index is 0.0842. The van der Waals surface area contributed by atoms with Crippen LogP contribution in [0.5, 0.6) is 0 Å². The van der Waals surface area contributed by atoms with E-state index in [2.05, 4.69) is 20.8 Å². The molecule has 3 aliphatic rings. The van der Waals surface area contributed by atoms with Crippen LogP contribution < -0.4 is 4.90 Å². The summed E-state index contributed by atoms with van der Waals surface area (Å²) in [5.41, 5.74) is 1.66. The first-order chi connectivity index (χ1) is 14.8. The van der Waals surface area contributed by atoms with Crippen molar-refractivity contribution in [1.82, 2.24) is 14.7 Å². The zero-order valence-corrected chi connectivity index (χ0v) is 19.6. The molecule has 2 fully saturated rings. The van der Waals surface area contributed by atoms with Crippen molar-refractivity contribution < 1.29 is 9.59 Å². The topological polar surface area (TPSA) is 59.5 Å². The van der Waals surface area contributed by atoms with E-state index in [1.165, 1.54) is 9.80 Å². The summed E-state index contributed by atoms with van der Waals surface area (Å²) in [6.07, 6.45) is -0.551. The molecule has 31 heavy (non-hydrogen) atoms. The average Bonchev–Trinajstić information content (AvgIpc) is 3.31. The van der Waals surface area contributed by atoms with Crippen LogP contribution in [0.1, 0.15) is 5.56 Å². The highest BCUT2D eigenvalue weighted by Crippen LogP contribution is 2.34. The van der Waals surface area contributed by atoms with E-state index >= 15 is 0 Å². The molecule has 3 amide bonds. The number of nitrogens with zero attached hydrogens (tertiary/aromatic N) is 5. The lowest BCUT2D eigenvalue weighted by Gasteiger charge is -2.40. The standard InChI is InChI=1S/C21H18BrCl2N5O2/c1-26-18-17(19(30)29(21(26)31)11-12-2-5-14(23)10-16(12)24)28-9-8-27(20(28)25-18)15-6-3-13(22)4-7-15/h2-7,10,17-18H,8-9,11H2,1H3. The molecule has 2 aromatic rings. The number of anilines is 1. The second-order valence-electron chi connectivity index (χ2n) is 7.66. The lowest BCUT2D eigenvalue weighted by Crippen LogP contribution is -2.64. The Morgan fingerprint density at radius 2 is 1.84 bits per heavy atom. The highest BCUT2D eigenvalue weighted by Gasteiger charge is 2.54. The molecule has 5 rings (SSSR count). The predicted octanol–water partition coefficient (Wildman–Crippen LogP) is 4.04. The molecular formula is C21H18BrCl2N5O2. The Labute approximate surface area is 197 Å². The molecule has 2 unspecified atom stereocenters. The van der Waals surface area contributed by atoms with Crippen LogP contribution in [-0.2, 0) is 11.3 Å². The van der Waals surface area contributed by atoms with Crippen LogP contribution in [0.4, 0.5) is 10.5 Å². The fourth-order valence-corrected chi connectivity index (χ4v) is 5.00. The second kappa shape index (κ2) is 7.69. The highest BCUT2D eigenvalue weighted by atomic mass is 79.9. The first-order valence-corrected chi connectivity index (χ1v) is 11.3. The number of aliphatic imine (C=N–C) groups is 1. The molecule has 0 spiro atoms. The number of carbonyl (C=O) groups is 2. The SMILES string of the molecule is CN1C(=O)N(Cc2ccc(Cl)cc2Cl)C(=O)C2C1N=C1N(c3ccc(Br)cc3)CCN12. The Hall–Kier alpha value is -2.29. The van der Waals surface area contributed by atoms with Gasteiger partial charge in [0.2, 0.25) is 5.96 Å². The Morgan fingerprint density at radius 3 is 2.55 bits per heavy atom. The van der Waals surface area contributed by atoms with E-state index in [1.54, 1.807) is 25.2 Å². The molecule has 2 saturated heterocycles. The largest absolute Gasteiger partial charge is 0.328 e. The van der Waals surface area contributed by atoms with Crippen molar-refractivity contribution in [1.29, 1.82) is 0 Å². The van der Waals surface area contributed by atoms with E-state index in [9.17, 15) is 9.59 Å². The number of hydrogen-bond acceptors (Lipinski definition) is 5. The predicted molar refractivity (Wildman–Crippen MR) is 123 cm³/mol. The summed E-state index contributed by atoms with van der Waals surface area (Å²) in [6.45, 7) is 1.46. The number of guanidine groups is 1. The number of rotatable bonds is 3.